The molecule has 172 valence electrons. The largest absolute Gasteiger partial charge is 0.480 e. The van der Waals surface area contributed by atoms with Crippen LogP contribution < -0.4 is 10.6 Å². The van der Waals surface area contributed by atoms with Crippen molar-refractivity contribution < 1.29 is 14.7 Å². The summed E-state index contributed by atoms with van der Waals surface area (Å²) in [6.07, 6.45) is 3.71. The van der Waals surface area contributed by atoms with Gasteiger partial charge in [0.25, 0.3) is 0 Å². The summed E-state index contributed by atoms with van der Waals surface area (Å²) in [7, 11) is 0. The van der Waals surface area contributed by atoms with Crippen LogP contribution in [0.4, 0.5) is 16.2 Å². The molecule has 1 fully saturated rings. The summed E-state index contributed by atoms with van der Waals surface area (Å²) in [5.74, 6) is -0.417. The van der Waals surface area contributed by atoms with Crippen LogP contribution in [0.3, 0.4) is 0 Å². The lowest BCUT2D eigenvalue weighted by Gasteiger charge is -2.33. The third kappa shape index (κ3) is 5.71. The summed E-state index contributed by atoms with van der Waals surface area (Å²) in [5, 5.41) is 16.3. The Bertz CT molecular complexity index is 1130. The van der Waals surface area contributed by atoms with Gasteiger partial charge in [-0.1, -0.05) is 35.9 Å². The second-order valence-corrected chi connectivity index (χ2v) is 9.49. The molecule has 1 aromatic heterocycles. The van der Waals surface area contributed by atoms with Crippen molar-refractivity contribution in [3.63, 3.8) is 0 Å². The molecule has 0 bridgehead atoms. The smallest absolute Gasteiger partial charge is 0.323 e. The van der Waals surface area contributed by atoms with E-state index in [0.717, 1.165) is 41.4 Å². The maximum atomic E-state index is 12.2. The number of anilines is 2. The van der Waals surface area contributed by atoms with E-state index in [1.807, 2.05) is 35.4 Å². The molecule has 2 aromatic carbocycles. The first-order valence-corrected chi connectivity index (χ1v) is 12.0. The van der Waals surface area contributed by atoms with Crippen molar-refractivity contribution in [2.24, 2.45) is 0 Å². The van der Waals surface area contributed by atoms with Gasteiger partial charge in [-0.05, 0) is 62.7 Å². The first-order valence-electron chi connectivity index (χ1n) is 10.8. The summed E-state index contributed by atoms with van der Waals surface area (Å²) in [4.78, 5) is 31.2. The number of carboxylic acid groups (broad SMARTS) is 1. The first-order chi connectivity index (χ1) is 15.9. The lowest BCUT2D eigenvalue weighted by molar-refractivity contribution is -0.143. The number of thiazole rings is 1. The molecule has 3 N–H and O–H groups in total. The van der Waals surface area contributed by atoms with E-state index in [2.05, 4.69) is 15.6 Å². The van der Waals surface area contributed by atoms with Crippen molar-refractivity contribution in [1.29, 1.82) is 0 Å². The molecule has 0 spiro atoms. The number of carbonyl (C=O) groups is 2. The standard InChI is InChI=1S/C24H25ClN4O3S/c1-15(23(30)31)29-12-10-17(11-13-29)22-26-14-21(33-22)16-6-8-18(9-7-16)27-24(32)28-20-5-3-2-4-19(20)25/h2-9,14-15,17H,10-13H2,1H3,(H,30,31)(H2,27,28,32). The zero-order valence-corrected chi connectivity index (χ0v) is 19.7. The number of para-hydroxylation sites is 1. The highest BCUT2D eigenvalue weighted by Crippen LogP contribution is 2.35. The van der Waals surface area contributed by atoms with E-state index in [0.29, 0.717) is 22.3 Å². The van der Waals surface area contributed by atoms with Crippen LogP contribution in [0.25, 0.3) is 10.4 Å². The average Bonchev–Trinajstić information content (AvgIpc) is 3.31. The Morgan fingerprint density at radius 2 is 1.82 bits per heavy atom. The van der Waals surface area contributed by atoms with E-state index >= 15 is 0 Å². The molecule has 0 radical (unpaired) electrons. The maximum Gasteiger partial charge on any atom is 0.323 e. The highest BCUT2D eigenvalue weighted by Gasteiger charge is 2.28. The molecule has 2 amide bonds. The number of carbonyl (C=O) groups excluding carboxylic acids is 1. The number of piperidine rings is 1. The highest BCUT2D eigenvalue weighted by molar-refractivity contribution is 7.15. The molecule has 9 heteroatoms. The lowest BCUT2D eigenvalue weighted by atomic mass is 9.96. The molecule has 1 aliphatic rings. The minimum Gasteiger partial charge on any atom is -0.480 e. The van der Waals surface area contributed by atoms with Crippen LogP contribution >= 0.6 is 22.9 Å². The molecule has 2 heterocycles. The number of halogens is 1. The Morgan fingerprint density at radius 1 is 1.12 bits per heavy atom. The van der Waals surface area contributed by atoms with Gasteiger partial charge in [0, 0.05) is 17.8 Å². The van der Waals surface area contributed by atoms with E-state index in [4.69, 9.17) is 11.6 Å². The van der Waals surface area contributed by atoms with Gasteiger partial charge < -0.3 is 15.7 Å². The van der Waals surface area contributed by atoms with Crippen molar-refractivity contribution in [2.45, 2.75) is 31.7 Å². The van der Waals surface area contributed by atoms with Crippen LogP contribution in [0.5, 0.6) is 0 Å². The van der Waals surface area contributed by atoms with Gasteiger partial charge in [0.2, 0.25) is 0 Å². The van der Waals surface area contributed by atoms with E-state index in [-0.39, 0.29) is 6.03 Å². The monoisotopic (exact) mass is 484 g/mol. The van der Waals surface area contributed by atoms with Crippen LogP contribution in [0.15, 0.2) is 54.7 Å². The summed E-state index contributed by atoms with van der Waals surface area (Å²) >= 11 is 7.75. The third-order valence-electron chi connectivity index (χ3n) is 5.86. The number of hydrogen-bond donors (Lipinski definition) is 3. The van der Waals surface area contributed by atoms with Gasteiger partial charge in [0.15, 0.2) is 0 Å². The minimum absolute atomic E-state index is 0.357. The second kappa shape index (κ2) is 10.3. The fourth-order valence-electron chi connectivity index (χ4n) is 3.86. The third-order valence-corrected chi connectivity index (χ3v) is 7.40. The van der Waals surface area contributed by atoms with E-state index in [1.165, 1.54) is 0 Å². The summed E-state index contributed by atoms with van der Waals surface area (Å²) in [5.41, 5.74) is 2.26. The Hall–Kier alpha value is -2.94. The molecule has 0 saturated carbocycles. The number of aliphatic carboxylic acids is 1. The first kappa shape index (κ1) is 23.2. The van der Waals surface area contributed by atoms with E-state index < -0.39 is 12.0 Å². The van der Waals surface area contributed by atoms with E-state index in [1.54, 1.807) is 42.5 Å². The molecular formula is C24H25ClN4O3S. The summed E-state index contributed by atoms with van der Waals surface area (Å²) < 4.78 is 0. The summed E-state index contributed by atoms with van der Waals surface area (Å²) in [6.45, 7) is 3.27. The topological polar surface area (TPSA) is 94.6 Å². The lowest BCUT2D eigenvalue weighted by Crippen LogP contribution is -2.43. The molecule has 33 heavy (non-hydrogen) atoms. The van der Waals surface area contributed by atoms with Crippen molar-refractivity contribution >= 4 is 46.3 Å². The van der Waals surface area contributed by atoms with Gasteiger partial charge in [-0.2, -0.15) is 0 Å². The van der Waals surface area contributed by atoms with Crippen molar-refractivity contribution in [3.05, 3.63) is 64.8 Å². The second-order valence-electron chi connectivity index (χ2n) is 8.02. The molecule has 4 rings (SSSR count). The number of urea groups is 1. The molecule has 3 aromatic rings. The molecule has 1 saturated heterocycles. The average molecular weight is 485 g/mol. The SMILES string of the molecule is CC(C(=O)O)N1CCC(c2ncc(-c3ccc(NC(=O)Nc4ccccc4Cl)cc3)s2)CC1. The van der Waals surface area contributed by atoms with Crippen LogP contribution in [0.2, 0.25) is 5.02 Å². The maximum absolute atomic E-state index is 12.2. The number of aromatic nitrogens is 1. The fraction of sp³-hybridized carbons (Fsp3) is 0.292. The number of carboxylic acids is 1. The van der Waals surface area contributed by atoms with Gasteiger partial charge in [0.1, 0.15) is 6.04 Å². The zero-order valence-electron chi connectivity index (χ0n) is 18.1. The number of nitrogens with zero attached hydrogens (tertiary/aromatic N) is 2. The van der Waals surface area contributed by atoms with Crippen molar-refractivity contribution in [2.75, 3.05) is 23.7 Å². The van der Waals surface area contributed by atoms with Crippen molar-refractivity contribution in [1.82, 2.24) is 9.88 Å². The van der Waals surface area contributed by atoms with Gasteiger partial charge in [0.05, 0.1) is 20.6 Å². The predicted octanol–water partition coefficient (Wildman–Crippen LogP) is 5.76. The normalized spacial score (nSPS) is 15.7. The zero-order chi connectivity index (χ0) is 23.4. The highest BCUT2D eigenvalue weighted by atomic mass is 35.5. The van der Waals surface area contributed by atoms with Crippen LogP contribution in [-0.4, -0.2) is 46.1 Å². The van der Waals surface area contributed by atoms with Gasteiger partial charge in [-0.15, -0.1) is 11.3 Å². The van der Waals surface area contributed by atoms with Gasteiger partial charge in [-0.25, -0.2) is 9.78 Å². The molecule has 1 aliphatic heterocycles. The number of amides is 2. The number of rotatable bonds is 6. The number of likely N-dealkylation sites (tertiary alicyclic amines) is 1. The predicted molar refractivity (Wildman–Crippen MR) is 132 cm³/mol. The van der Waals surface area contributed by atoms with Crippen molar-refractivity contribution in [3.8, 4) is 10.4 Å². The Kier molecular flexibility index (Phi) is 7.27. The molecule has 1 atom stereocenters. The molecule has 7 nitrogen and oxygen atoms in total. The Morgan fingerprint density at radius 3 is 2.48 bits per heavy atom. The van der Waals surface area contributed by atoms with Gasteiger partial charge in [-0.3, -0.25) is 9.69 Å². The molecule has 1 unspecified atom stereocenters. The van der Waals surface area contributed by atoms with E-state index in [9.17, 15) is 14.7 Å². The number of hydrogen-bond acceptors (Lipinski definition) is 5. The Balaban J connectivity index is 1.34. The minimum atomic E-state index is -0.774. The van der Waals surface area contributed by atoms with Crippen LogP contribution in [0.1, 0.15) is 30.7 Å². The van der Waals surface area contributed by atoms with Gasteiger partial charge >= 0.3 is 12.0 Å². The number of nitrogens with one attached hydrogen (secondary N) is 2. The van der Waals surface area contributed by atoms with Crippen LogP contribution in [-0.2, 0) is 4.79 Å². The molecule has 0 aliphatic carbocycles. The summed E-state index contributed by atoms with van der Waals surface area (Å²) in [6, 6.07) is 13.9. The van der Waals surface area contributed by atoms with Crippen LogP contribution in [0, 0.1) is 0 Å². The molecular weight excluding hydrogens is 460 g/mol. The quantitative estimate of drug-likeness (QED) is 0.413. The number of benzene rings is 2. The Labute approximate surface area is 201 Å². The fourth-order valence-corrected chi connectivity index (χ4v) is 5.14.